The molecule has 3 rings (SSSR count). The van der Waals surface area contributed by atoms with Crippen molar-refractivity contribution in [3.63, 3.8) is 0 Å². The van der Waals surface area contributed by atoms with Crippen molar-refractivity contribution in [3.8, 4) is 11.6 Å². The van der Waals surface area contributed by atoms with Gasteiger partial charge in [0.2, 0.25) is 5.88 Å². The quantitative estimate of drug-likeness (QED) is 0.692. The molecule has 3 aromatic rings. The molecule has 0 aliphatic carbocycles. The lowest BCUT2D eigenvalue weighted by Gasteiger charge is -2.12. The Hall–Kier alpha value is -3.19. The average molecular weight is 371 g/mol. The summed E-state index contributed by atoms with van der Waals surface area (Å²) in [6.07, 6.45) is 2.57. The molecule has 0 saturated carbocycles. The summed E-state index contributed by atoms with van der Waals surface area (Å²) >= 11 is 5.76. The summed E-state index contributed by atoms with van der Waals surface area (Å²) in [7, 11) is 0. The van der Waals surface area contributed by atoms with E-state index in [1.807, 2.05) is 26.0 Å². The van der Waals surface area contributed by atoms with Crippen molar-refractivity contribution < 1.29 is 5.11 Å². The van der Waals surface area contributed by atoms with Crippen LogP contribution < -0.4 is 11.2 Å². The summed E-state index contributed by atoms with van der Waals surface area (Å²) in [6, 6.07) is 8.54. The van der Waals surface area contributed by atoms with Crippen LogP contribution >= 0.6 is 11.6 Å². The normalized spacial score (nSPS) is 11.2. The van der Waals surface area contributed by atoms with Crippen LogP contribution in [0.25, 0.3) is 5.69 Å². The summed E-state index contributed by atoms with van der Waals surface area (Å²) < 4.78 is 1.03. The van der Waals surface area contributed by atoms with Crippen LogP contribution in [0.3, 0.4) is 0 Å². The molecule has 0 aliphatic rings. The van der Waals surface area contributed by atoms with Crippen LogP contribution in [-0.4, -0.2) is 25.9 Å². The summed E-state index contributed by atoms with van der Waals surface area (Å²) in [4.78, 5) is 34.6. The Kier molecular flexibility index (Phi) is 4.73. The van der Waals surface area contributed by atoms with E-state index in [0.29, 0.717) is 16.5 Å². The van der Waals surface area contributed by atoms with Crippen LogP contribution in [0, 0.1) is 13.8 Å². The largest absolute Gasteiger partial charge is 0.493 e. The summed E-state index contributed by atoms with van der Waals surface area (Å²) in [5.41, 5.74) is 0.623. The van der Waals surface area contributed by atoms with Crippen molar-refractivity contribution >= 4 is 23.6 Å². The van der Waals surface area contributed by atoms with Gasteiger partial charge < -0.3 is 5.11 Å². The molecule has 1 aromatic carbocycles. The molecule has 0 bridgehead atoms. The van der Waals surface area contributed by atoms with Crippen LogP contribution in [0.15, 0.2) is 51.1 Å². The molecular formula is C18H15ClN4O3. The van der Waals surface area contributed by atoms with Gasteiger partial charge in [-0.2, -0.15) is 0 Å². The number of hydrogen-bond donors (Lipinski definition) is 2. The predicted octanol–water partition coefficient (Wildman–Crippen LogP) is 2.65. The fourth-order valence-corrected chi connectivity index (χ4v) is 2.62. The van der Waals surface area contributed by atoms with Gasteiger partial charge in [-0.05, 0) is 37.6 Å². The lowest BCUT2D eigenvalue weighted by atomic mass is 10.1. The van der Waals surface area contributed by atoms with Crippen LogP contribution in [-0.2, 0) is 0 Å². The number of hydrogen-bond acceptors (Lipinski definition) is 5. The Morgan fingerprint density at radius 3 is 2.65 bits per heavy atom. The molecule has 0 unspecified atom stereocenters. The van der Waals surface area contributed by atoms with Crippen molar-refractivity contribution in [2.45, 2.75) is 13.8 Å². The molecule has 0 spiro atoms. The number of aliphatic imine (C=N–C) groups is 1. The topological polar surface area (TPSA) is 100 Å². The summed E-state index contributed by atoms with van der Waals surface area (Å²) in [6.45, 7) is 3.73. The van der Waals surface area contributed by atoms with E-state index in [4.69, 9.17) is 11.6 Å². The SMILES string of the molecule is Cc1ccc(-n2c(O)c(C=Nc3ccc(Cl)cn3)c(=O)[nH]c2=O)c(C)c1. The van der Waals surface area contributed by atoms with Crippen molar-refractivity contribution in [3.05, 3.63) is 79.1 Å². The number of halogens is 1. The Bertz CT molecular complexity index is 1110. The lowest BCUT2D eigenvalue weighted by Crippen LogP contribution is -2.31. The van der Waals surface area contributed by atoms with Crippen molar-refractivity contribution in [1.82, 2.24) is 14.5 Å². The third kappa shape index (κ3) is 3.43. The first-order valence-corrected chi connectivity index (χ1v) is 8.06. The fraction of sp³-hybridized carbons (Fsp3) is 0.111. The second-order valence-corrected chi connectivity index (χ2v) is 6.15. The number of aromatic nitrogens is 3. The maximum Gasteiger partial charge on any atom is 0.335 e. The first-order valence-electron chi connectivity index (χ1n) is 7.68. The number of nitrogens with one attached hydrogen (secondary N) is 1. The van der Waals surface area contributed by atoms with Gasteiger partial charge in [0, 0.05) is 12.4 Å². The molecule has 0 amide bonds. The van der Waals surface area contributed by atoms with Crippen molar-refractivity contribution in [1.29, 1.82) is 0 Å². The number of nitrogens with zero attached hydrogens (tertiary/aromatic N) is 3. The highest BCUT2D eigenvalue weighted by Crippen LogP contribution is 2.20. The van der Waals surface area contributed by atoms with Crippen LogP contribution in [0.2, 0.25) is 5.02 Å². The highest BCUT2D eigenvalue weighted by Gasteiger charge is 2.15. The second kappa shape index (κ2) is 6.97. The first-order chi connectivity index (χ1) is 12.4. The number of aromatic amines is 1. The van der Waals surface area contributed by atoms with E-state index < -0.39 is 17.1 Å². The molecule has 8 heteroatoms. The molecule has 0 atom stereocenters. The minimum atomic E-state index is -0.744. The van der Waals surface area contributed by atoms with Crippen molar-refractivity contribution in [2.75, 3.05) is 0 Å². The number of benzene rings is 1. The number of aryl methyl sites for hydroxylation is 2. The fourth-order valence-electron chi connectivity index (χ4n) is 2.51. The first kappa shape index (κ1) is 17.6. The van der Waals surface area contributed by atoms with Gasteiger partial charge in [0.15, 0.2) is 5.82 Å². The Labute approximate surface area is 153 Å². The third-order valence-electron chi connectivity index (χ3n) is 3.75. The van der Waals surface area contributed by atoms with E-state index in [1.165, 1.54) is 6.20 Å². The van der Waals surface area contributed by atoms with E-state index >= 15 is 0 Å². The maximum atomic E-state index is 12.2. The molecule has 0 aliphatic heterocycles. The number of aromatic hydroxyl groups is 1. The monoisotopic (exact) mass is 370 g/mol. The highest BCUT2D eigenvalue weighted by molar-refractivity contribution is 6.30. The predicted molar refractivity (Wildman–Crippen MR) is 100 cm³/mol. The van der Waals surface area contributed by atoms with E-state index in [-0.39, 0.29) is 5.56 Å². The van der Waals surface area contributed by atoms with Crippen LogP contribution in [0.5, 0.6) is 5.88 Å². The third-order valence-corrected chi connectivity index (χ3v) is 3.98. The van der Waals surface area contributed by atoms with Gasteiger partial charge in [-0.25, -0.2) is 19.3 Å². The van der Waals surface area contributed by atoms with Gasteiger partial charge in [-0.3, -0.25) is 9.78 Å². The smallest absolute Gasteiger partial charge is 0.335 e. The molecule has 26 heavy (non-hydrogen) atoms. The molecular weight excluding hydrogens is 356 g/mol. The molecule has 0 radical (unpaired) electrons. The maximum absolute atomic E-state index is 12.2. The van der Waals surface area contributed by atoms with Gasteiger partial charge in [-0.15, -0.1) is 0 Å². The zero-order valence-corrected chi connectivity index (χ0v) is 14.8. The Morgan fingerprint density at radius 1 is 1.23 bits per heavy atom. The van der Waals surface area contributed by atoms with Gasteiger partial charge in [-0.1, -0.05) is 29.3 Å². The molecule has 2 heterocycles. The standard InChI is InChI=1S/C18H15ClN4O3/c1-10-3-5-14(11(2)7-10)23-17(25)13(16(24)22-18(23)26)9-21-15-6-4-12(19)8-20-15/h3-9,25H,1-2H3,(H,22,24,26). The van der Waals surface area contributed by atoms with E-state index in [0.717, 1.165) is 21.9 Å². The summed E-state index contributed by atoms with van der Waals surface area (Å²) in [5.74, 6) is -0.194. The second-order valence-electron chi connectivity index (χ2n) is 5.71. The molecule has 0 fully saturated rings. The zero-order chi connectivity index (χ0) is 18.8. The van der Waals surface area contributed by atoms with Gasteiger partial charge >= 0.3 is 5.69 Å². The lowest BCUT2D eigenvalue weighted by molar-refractivity contribution is 0.430. The average Bonchev–Trinajstić information content (AvgIpc) is 2.58. The number of pyridine rings is 1. The Morgan fingerprint density at radius 2 is 2.00 bits per heavy atom. The van der Waals surface area contributed by atoms with Gasteiger partial charge in [0.05, 0.1) is 10.7 Å². The van der Waals surface area contributed by atoms with Crippen LogP contribution in [0.1, 0.15) is 16.7 Å². The number of rotatable bonds is 3. The van der Waals surface area contributed by atoms with Crippen LogP contribution in [0.4, 0.5) is 5.82 Å². The van der Waals surface area contributed by atoms with E-state index in [9.17, 15) is 14.7 Å². The Balaban J connectivity index is 2.14. The molecule has 2 N–H and O–H groups in total. The van der Waals surface area contributed by atoms with E-state index in [1.54, 1.807) is 18.2 Å². The molecule has 2 aromatic heterocycles. The molecule has 7 nitrogen and oxygen atoms in total. The van der Waals surface area contributed by atoms with Gasteiger partial charge in [0.25, 0.3) is 5.56 Å². The number of H-pyrrole nitrogens is 1. The van der Waals surface area contributed by atoms with Crippen molar-refractivity contribution in [2.24, 2.45) is 4.99 Å². The zero-order valence-electron chi connectivity index (χ0n) is 14.0. The summed E-state index contributed by atoms with van der Waals surface area (Å²) in [5, 5.41) is 11.0. The van der Waals surface area contributed by atoms with E-state index in [2.05, 4.69) is 15.0 Å². The highest BCUT2D eigenvalue weighted by atomic mass is 35.5. The minimum Gasteiger partial charge on any atom is -0.493 e. The molecule has 0 saturated heterocycles. The minimum absolute atomic E-state index is 0.152. The van der Waals surface area contributed by atoms with Gasteiger partial charge in [0.1, 0.15) is 5.56 Å². The molecule has 132 valence electrons.